The molecule has 0 aliphatic carbocycles. The van der Waals surface area contributed by atoms with Gasteiger partial charge in [0, 0.05) is 25.4 Å². The van der Waals surface area contributed by atoms with Gasteiger partial charge in [0.25, 0.3) is 5.91 Å². The van der Waals surface area contributed by atoms with E-state index in [0.29, 0.717) is 5.56 Å². The van der Waals surface area contributed by atoms with Gasteiger partial charge in [0.15, 0.2) is 0 Å². The van der Waals surface area contributed by atoms with Crippen molar-refractivity contribution in [2.45, 2.75) is 59.0 Å². The van der Waals surface area contributed by atoms with Crippen molar-refractivity contribution in [2.75, 3.05) is 6.54 Å². The van der Waals surface area contributed by atoms with Gasteiger partial charge >= 0.3 is 0 Å². The zero-order valence-corrected chi connectivity index (χ0v) is 14.1. The first-order valence-corrected chi connectivity index (χ1v) is 8.38. The van der Waals surface area contributed by atoms with E-state index < -0.39 is 0 Å². The van der Waals surface area contributed by atoms with E-state index in [2.05, 4.69) is 17.2 Å². The van der Waals surface area contributed by atoms with Gasteiger partial charge < -0.3 is 9.42 Å². The highest BCUT2D eigenvalue weighted by Gasteiger charge is 2.32. The summed E-state index contributed by atoms with van der Waals surface area (Å²) in [5.74, 6) is 0.833. The molecule has 0 unspecified atom stereocenters. The maximum atomic E-state index is 13.0. The number of hydrogen-bond acceptors (Lipinski definition) is 4. The molecule has 2 aromatic rings. The fourth-order valence-electron chi connectivity index (χ4n) is 3.25. The monoisotopic (exact) mass is 316 g/mol. The molecule has 0 saturated carbocycles. The number of nitrogens with zero attached hydrogens (tertiary/aromatic N) is 4. The fourth-order valence-corrected chi connectivity index (χ4v) is 3.25. The predicted molar refractivity (Wildman–Crippen MR) is 86.1 cm³/mol. The van der Waals surface area contributed by atoms with Crippen LogP contribution in [0.25, 0.3) is 0 Å². The molecule has 1 aliphatic heterocycles. The number of carbonyl (C=O) groups is 1. The van der Waals surface area contributed by atoms with Gasteiger partial charge in [0.1, 0.15) is 11.5 Å². The molecule has 2 aromatic heterocycles. The molecule has 3 rings (SSSR count). The molecule has 1 fully saturated rings. The second kappa shape index (κ2) is 6.56. The molecule has 6 heteroatoms. The topological polar surface area (TPSA) is 64.2 Å². The van der Waals surface area contributed by atoms with Crippen LogP contribution in [0.15, 0.2) is 16.8 Å². The zero-order chi connectivity index (χ0) is 16.4. The maximum Gasteiger partial charge on any atom is 0.257 e. The van der Waals surface area contributed by atoms with Gasteiger partial charge in [0.05, 0.1) is 17.3 Å². The van der Waals surface area contributed by atoms with Crippen molar-refractivity contribution in [1.82, 2.24) is 19.8 Å². The quantitative estimate of drug-likeness (QED) is 0.868. The average molecular weight is 316 g/mol. The Morgan fingerprint density at radius 3 is 2.91 bits per heavy atom. The SMILES string of the molecule is CCCn1cc(C(=O)N2CCCC[C@H]2c2cc(C)on2)c(C)n1. The molecular formula is C17H24N4O2. The van der Waals surface area contributed by atoms with Gasteiger partial charge in [-0.2, -0.15) is 5.10 Å². The van der Waals surface area contributed by atoms with E-state index in [9.17, 15) is 4.79 Å². The van der Waals surface area contributed by atoms with Crippen LogP contribution in [0.2, 0.25) is 0 Å². The number of likely N-dealkylation sites (tertiary alicyclic amines) is 1. The van der Waals surface area contributed by atoms with Crippen LogP contribution in [0, 0.1) is 13.8 Å². The summed E-state index contributed by atoms with van der Waals surface area (Å²) >= 11 is 0. The van der Waals surface area contributed by atoms with Gasteiger partial charge in [-0.25, -0.2) is 0 Å². The Morgan fingerprint density at radius 1 is 1.39 bits per heavy atom. The molecule has 1 aliphatic rings. The van der Waals surface area contributed by atoms with Crippen LogP contribution in [-0.2, 0) is 6.54 Å². The molecule has 1 saturated heterocycles. The third-order valence-corrected chi connectivity index (χ3v) is 4.38. The van der Waals surface area contributed by atoms with Gasteiger partial charge in [-0.15, -0.1) is 0 Å². The predicted octanol–water partition coefficient (Wildman–Crippen LogP) is 3.27. The molecule has 0 radical (unpaired) electrons. The standard InChI is InChI=1S/C17H24N4O2/c1-4-8-20-11-14(13(3)18-20)17(22)21-9-6-5-7-16(21)15-10-12(2)23-19-15/h10-11,16H,4-9H2,1-3H3/t16-/m0/s1. The summed E-state index contributed by atoms with van der Waals surface area (Å²) in [6.07, 6.45) is 5.94. The van der Waals surface area contributed by atoms with Crippen molar-refractivity contribution in [3.8, 4) is 0 Å². The van der Waals surface area contributed by atoms with Crippen molar-refractivity contribution in [3.63, 3.8) is 0 Å². The summed E-state index contributed by atoms with van der Waals surface area (Å²) < 4.78 is 7.07. The molecule has 0 bridgehead atoms. The molecule has 1 atom stereocenters. The second-order valence-electron chi connectivity index (χ2n) is 6.26. The lowest BCUT2D eigenvalue weighted by Gasteiger charge is -2.34. The summed E-state index contributed by atoms with van der Waals surface area (Å²) in [4.78, 5) is 15.0. The highest BCUT2D eigenvalue weighted by molar-refractivity contribution is 5.95. The molecule has 3 heterocycles. The Kier molecular flexibility index (Phi) is 4.50. The van der Waals surface area contributed by atoms with Gasteiger partial charge in [-0.05, 0) is 39.5 Å². The van der Waals surface area contributed by atoms with Crippen LogP contribution in [0.1, 0.15) is 66.2 Å². The van der Waals surface area contributed by atoms with E-state index in [1.165, 1.54) is 0 Å². The van der Waals surface area contributed by atoms with E-state index in [1.807, 2.05) is 35.7 Å². The van der Waals surface area contributed by atoms with Crippen molar-refractivity contribution in [1.29, 1.82) is 0 Å². The summed E-state index contributed by atoms with van der Waals surface area (Å²) in [6.45, 7) is 7.48. The number of piperidine rings is 1. The minimum absolute atomic E-state index is 0.00243. The van der Waals surface area contributed by atoms with Crippen molar-refractivity contribution in [2.24, 2.45) is 0 Å². The van der Waals surface area contributed by atoms with E-state index in [-0.39, 0.29) is 11.9 Å². The Bertz CT molecular complexity index is 689. The minimum atomic E-state index is 0.00243. The third kappa shape index (κ3) is 3.16. The number of aryl methyl sites for hydroxylation is 3. The van der Waals surface area contributed by atoms with Gasteiger partial charge in [0.2, 0.25) is 0 Å². The van der Waals surface area contributed by atoms with Crippen LogP contribution in [-0.4, -0.2) is 32.3 Å². The molecule has 0 aromatic carbocycles. The lowest BCUT2D eigenvalue weighted by molar-refractivity contribution is 0.0601. The Morgan fingerprint density at radius 2 is 2.22 bits per heavy atom. The van der Waals surface area contributed by atoms with Crippen LogP contribution in [0.4, 0.5) is 0 Å². The molecule has 0 N–H and O–H groups in total. The summed E-state index contributed by atoms with van der Waals surface area (Å²) in [6, 6.07) is 1.94. The molecular weight excluding hydrogens is 292 g/mol. The van der Waals surface area contributed by atoms with Crippen LogP contribution in [0.5, 0.6) is 0 Å². The number of carbonyl (C=O) groups excluding carboxylic acids is 1. The van der Waals surface area contributed by atoms with Crippen molar-refractivity contribution in [3.05, 3.63) is 35.0 Å². The molecule has 1 amide bonds. The van der Waals surface area contributed by atoms with E-state index in [0.717, 1.165) is 55.9 Å². The van der Waals surface area contributed by atoms with Gasteiger partial charge in [-0.3, -0.25) is 9.48 Å². The number of hydrogen-bond donors (Lipinski definition) is 0. The first kappa shape index (κ1) is 15.8. The lowest BCUT2D eigenvalue weighted by Crippen LogP contribution is -2.38. The third-order valence-electron chi connectivity index (χ3n) is 4.38. The normalized spacial score (nSPS) is 18.4. The van der Waals surface area contributed by atoms with Gasteiger partial charge in [-0.1, -0.05) is 12.1 Å². The Labute approximate surface area is 136 Å². The average Bonchev–Trinajstić information content (AvgIpc) is 3.13. The molecule has 124 valence electrons. The number of aromatic nitrogens is 3. The van der Waals surface area contributed by atoms with E-state index >= 15 is 0 Å². The lowest BCUT2D eigenvalue weighted by atomic mass is 9.98. The second-order valence-corrected chi connectivity index (χ2v) is 6.26. The maximum absolute atomic E-state index is 13.0. The van der Waals surface area contributed by atoms with Crippen molar-refractivity contribution >= 4 is 5.91 Å². The first-order valence-electron chi connectivity index (χ1n) is 8.38. The smallest absolute Gasteiger partial charge is 0.257 e. The molecule has 6 nitrogen and oxygen atoms in total. The van der Waals surface area contributed by atoms with Crippen LogP contribution < -0.4 is 0 Å². The highest BCUT2D eigenvalue weighted by Crippen LogP contribution is 2.32. The Hall–Kier alpha value is -2.11. The van der Waals surface area contributed by atoms with E-state index in [1.54, 1.807) is 0 Å². The molecule has 23 heavy (non-hydrogen) atoms. The number of amides is 1. The largest absolute Gasteiger partial charge is 0.361 e. The van der Waals surface area contributed by atoms with E-state index in [4.69, 9.17) is 4.52 Å². The van der Waals surface area contributed by atoms with Crippen LogP contribution >= 0.6 is 0 Å². The number of rotatable bonds is 4. The van der Waals surface area contributed by atoms with Crippen molar-refractivity contribution < 1.29 is 9.32 Å². The summed E-state index contributed by atoms with van der Waals surface area (Å²) in [7, 11) is 0. The van der Waals surface area contributed by atoms with Crippen LogP contribution in [0.3, 0.4) is 0 Å². The zero-order valence-electron chi connectivity index (χ0n) is 14.1. The summed E-state index contributed by atoms with van der Waals surface area (Å²) in [5, 5.41) is 8.59. The highest BCUT2D eigenvalue weighted by atomic mass is 16.5. The molecule has 0 spiro atoms. The fraction of sp³-hybridized carbons (Fsp3) is 0.588. The Balaban J connectivity index is 1.86. The first-order chi connectivity index (χ1) is 11.1. The summed E-state index contributed by atoms with van der Waals surface area (Å²) in [5.41, 5.74) is 2.35. The minimum Gasteiger partial charge on any atom is -0.361 e.